The minimum atomic E-state index is -0.999. The predicted octanol–water partition coefficient (Wildman–Crippen LogP) is 1.58. The van der Waals surface area contributed by atoms with Gasteiger partial charge in [0.25, 0.3) is 0 Å². The molecule has 0 saturated carbocycles. The molecule has 0 fully saturated rings. The van der Waals surface area contributed by atoms with Crippen molar-refractivity contribution in [3.8, 4) is 0 Å². The summed E-state index contributed by atoms with van der Waals surface area (Å²) in [5.41, 5.74) is 5.40. The highest BCUT2D eigenvalue weighted by atomic mass is 19.1. The molecule has 0 saturated heterocycles. The van der Waals surface area contributed by atoms with Crippen molar-refractivity contribution in [3.05, 3.63) is 35.4 Å². The summed E-state index contributed by atoms with van der Waals surface area (Å²) in [7, 11) is 2.71. The monoisotopic (exact) mass is 217 g/mol. The molecule has 1 rings (SSSR count). The lowest BCUT2D eigenvalue weighted by Gasteiger charge is -2.21. The van der Waals surface area contributed by atoms with Gasteiger partial charge in [0.15, 0.2) is 6.29 Å². The molecule has 15 heavy (non-hydrogen) atoms. The normalized spacial score (nSPS) is 13.2. The number of nitrogens with two attached hydrogens (primary N) is 1. The molecule has 0 aliphatic rings. The summed E-state index contributed by atoms with van der Waals surface area (Å²) in [5.74, 6) is -1.41. The topological polar surface area (TPSA) is 44.5 Å². The molecule has 0 spiro atoms. The average Bonchev–Trinajstić information content (AvgIpc) is 2.19. The van der Waals surface area contributed by atoms with Gasteiger partial charge in [-0.25, -0.2) is 8.78 Å². The second-order valence-electron chi connectivity index (χ2n) is 3.00. The van der Waals surface area contributed by atoms with E-state index in [0.717, 1.165) is 12.1 Å². The second-order valence-corrected chi connectivity index (χ2v) is 3.00. The lowest BCUT2D eigenvalue weighted by atomic mass is 10.1. The van der Waals surface area contributed by atoms with Gasteiger partial charge in [0.05, 0.1) is 6.04 Å². The molecule has 1 aromatic rings. The van der Waals surface area contributed by atoms with E-state index in [4.69, 9.17) is 15.2 Å². The maximum absolute atomic E-state index is 13.3. The van der Waals surface area contributed by atoms with E-state index in [1.165, 1.54) is 20.3 Å². The number of ether oxygens (including phenoxy) is 2. The highest BCUT2D eigenvalue weighted by molar-refractivity contribution is 5.23. The molecule has 0 radical (unpaired) electrons. The number of halogens is 2. The molecule has 0 bridgehead atoms. The van der Waals surface area contributed by atoms with Crippen LogP contribution >= 0.6 is 0 Å². The fourth-order valence-corrected chi connectivity index (χ4v) is 1.35. The molecule has 5 heteroatoms. The van der Waals surface area contributed by atoms with Crippen LogP contribution in [0, 0.1) is 11.6 Å². The maximum atomic E-state index is 13.3. The molecule has 0 aliphatic heterocycles. The third-order valence-corrected chi connectivity index (χ3v) is 2.09. The third kappa shape index (κ3) is 2.50. The number of rotatable bonds is 4. The summed E-state index contributed by atoms with van der Waals surface area (Å²) in [6.07, 6.45) is -0.878. The Bertz CT molecular complexity index is 309. The largest absolute Gasteiger partial charge is 0.354 e. The number of benzene rings is 1. The van der Waals surface area contributed by atoms with Gasteiger partial charge in [0.1, 0.15) is 11.6 Å². The fourth-order valence-electron chi connectivity index (χ4n) is 1.35. The average molecular weight is 217 g/mol. The Morgan fingerprint density at radius 1 is 1.13 bits per heavy atom. The first-order valence-corrected chi connectivity index (χ1v) is 4.37. The first kappa shape index (κ1) is 12.0. The molecule has 3 nitrogen and oxygen atoms in total. The molecule has 0 amide bonds. The highest BCUT2D eigenvalue weighted by Crippen LogP contribution is 2.22. The molecule has 1 atom stereocenters. The minimum absolute atomic E-state index is 0.230. The summed E-state index contributed by atoms with van der Waals surface area (Å²) in [6.45, 7) is 0. The van der Waals surface area contributed by atoms with E-state index in [9.17, 15) is 8.78 Å². The molecule has 0 aromatic heterocycles. The first-order valence-electron chi connectivity index (χ1n) is 4.37. The third-order valence-electron chi connectivity index (χ3n) is 2.09. The van der Waals surface area contributed by atoms with Crippen LogP contribution in [0.2, 0.25) is 0 Å². The van der Waals surface area contributed by atoms with Crippen LogP contribution in [-0.2, 0) is 9.47 Å². The minimum Gasteiger partial charge on any atom is -0.354 e. The fraction of sp³-hybridized carbons (Fsp3) is 0.400. The van der Waals surface area contributed by atoms with Gasteiger partial charge in [-0.3, -0.25) is 0 Å². The summed E-state index contributed by atoms with van der Waals surface area (Å²) >= 11 is 0. The first-order chi connectivity index (χ1) is 7.11. The van der Waals surface area contributed by atoms with Crippen molar-refractivity contribution >= 4 is 0 Å². The van der Waals surface area contributed by atoms with Crippen LogP contribution in [0.4, 0.5) is 8.78 Å². The zero-order chi connectivity index (χ0) is 11.4. The Hall–Kier alpha value is -1.04. The van der Waals surface area contributed by atoms with Gasteiger partial charge in [0, 0.05) is 19.8 Å². The van der Waals surface area contributed by atoms with Crippen LogP contribution < -0.4 is 5.73 Å². The standard InChI is InChI=1S/C10H13F2NO2/c1-14-10(15-2)9(13)8-6(11)4-3-5-7(8)12/h3-5,9-10H,13H2,1-2H3. The molecule has 84 valence electrons. The Kier molecular flexibility index (Phi) is 4.14. The Morgan fingerprint density at radius 2 is 1.60 bits per heavy atom. The van der Waals surface area contributed by atoms with Crippen LogP contribution in [0.1, 0.15) is 11.6 Å². The summed E-state index contributed by atoms with van der Waals surface area (Å²) in [5, 5.41) is 0. The molecule has 1 aromatic carbocycles. The van der Waals surface area contributed by atoms with Gasteiger partial charge in [0.2, 0.25) is 0 Å². The predicted molar refractivity (Wildman–Crippen MR) is 51.1 cm³/mol. The van der Waals surface area contributed by atoms with Crippen molar-refractivity contribution in [1.29, 1.82) is 0 Å². The highest BCUT2D eigenvalue weighted by Gasteiger charge is 2.24. The van der Waals surface area contributed by atoms with Crippen molar-refractivity contribution in [2.24, 2.45) is 5.73 Å². The quantitative estimate of drug-likeness (QED) is 0.779. The van der Waals surface area contributed by atoms with Crippen molar-refractivity contribution in [2.75, 3.05) is 14.2 Å². The lowest BCUT2D eigenvalue weighted by Crippen LogP contribution is -2.31. The molecule has 1 unspecified atom stereocenters. The number of hydrogen-bond acceptors (Lipinski definition) is 3. The van der Waals surface area contributed by atoms with Gasteiger partial charge in [-0.05, 0) is 12.1 Å². The van der Waals surface area contributed by atoms with Crippen molar-refractivity contribution in [2.45, 2.75) is 12.3 Å². The zero-order valence-corrected chi connectivity index (χ0v) is 8.54. The summed E-state index contributed by atoms with van der Waals surface area (Å²) < 4.78 is 36.3. The van der Waals surface area contributed by atoms with E-state index >= 15 is 0 Å². The van der Waals surface area contributed by atoms with Crippen LogP contribution in [0.15, 0.2) is 18.2 Å². The van der Waals surface area contributed by atoms with Crippen LogP contribution in [0.3, 0.4) is 0 Å². The van der Waals surface area contributed by atoms with Crippen molar-refractivity contribution in [3.63, 3.8) is 0 Å². The molecule has 0 heterocycles. The maximum Gasteiger partial charge on any atom is 0.176 e. The Morgan fingerprint density at radius 3 is 2.00 bits per heavy atom. The van der Waals surface area contributed by atoms with E-state index in [1.54, 1.807) is 0 Å². The Labute approximate surface area is 86.8 Å². The van der Waals surface area contributed by atoms with Gasteiger partial charge in [-0.15, -0.1) is 0 Å². The van der Waals surface area contributed by atoms with Gasteiger partial charge >= 0.3 is 0 Å². The zero-order valence-electron chi connectivity index (χ0n) is 8.54. The van der Waals surface area contributed by atoms with Crippen LogP contribution in [0.5, 0.6) is 0 Å². The van der Waals surface area contributed by atoms with Gasteiger partial charge in [-0.2, -0.15) is 0 Å². The van der Waals surface area contributed by atoms with E-state index < -0.39 is 24.0 Å². The lowest BCUT2D eigenvalue weighted by molar-refractivity contribution is -0.118. The van der Waals surface area contributed by atoms with Crippen LogP contribution in [-0.4, -0.2) is 20.5 Å². The molecule has 2 N–H and O–H groups in total. The number of methoxy groups -OCH3 is 2. The van der Waals surface area contributed by atoms with E-state index in [1.807, 2.05) is 0 Å². The van der Waals surface area contributed by atoms with Crippen LogP contribution in [0.25, 0.3) is 0 Å². The summed E-state index contributed by atoms with van der Waals surface area (Å²) in [4.78, 5) is 0. The van der Waals surface area contributed by atoms with Crippen molar-refractivity contribution < 1.29 is 18.3 Å². The van der Waals surface area contributed by atoms with Crippen molar-refractivity contribution in [1.82, 2.24) is 0 Å². The van der Waals surface area contributed by atoms with Gasteiger partial charge in [-0.1, -0.05) is 6.07 Å². The second kappa shape index (κ2) is 5.16. The number of hydrogen-bond donors (Lipinski definition) is 1. The SMILES string of the molecule is COC(OC)C(N)c1c(F)cccc1F. The molecule has 0 aliphatic carbocycles. The molecular formula is C10H13F2NO2. The molecular weight excluding hydrogens is 204 g/mol. The van der Waals surface area contributed by atoms with E-state index in [-0.39, 0.29) is 5.56 Å². The smallest absolute Gasteiger partial charge is 0.176 e. The Balaban J connectivity index is 3.04. The van der Waals surface area contributed by atoms with E-state index in [2.05, 4.69) is 0 Å². The van der Waals surface area contributed by atoms with Gasteiger partial charge < -0.3 is 15.2 Å². The van der Waals surface area contributed by atoms with E-state index in [0.29, 0.717) is 0 Å². The summed E-state index contributed by atoms with van der Waals surface area (Å²) in [6, 6.07) is 2.55.